The van der Waals surface area contributed by atoms with Crippen molar-refractivity contribution in [2.75, 3.05) is 5.32 Å². The molecule has 1 aromatic heterocycles. The van der Waals surface area contributed by atoms with Gasteiger partial charge in [-0.3, -0.25) is 0 Å². The maximum atomic E-state index is 12.2. The van der Waals surface area contributed by atoms with Crippen LogP contribution in [0.4, 0.5) is 18.3 Å². The van der Waals surface area contributed by atoms with Crippen LogP contribution in [0.3, 0.4) is 0 Å². The molecule has 1 rings (SSSR count). The van der Waals surface area contributed by atoms with Gasteiger partial charge in [0.05, 0.1) is 0 Å². The molecule has 0 spiro atoms. The van der Waals surface area contributed by atoms with Crippen LogP contribution in [0.5, 0.6) is 0 Å². The first-order valence-corrected chi connectivity index (χ1v) is 5.53. The molecule has 2 atom stereocenters. The zero-order valence-electron chi connectivity index (χ0n) is 8.88. The minimum absolute atomic E-state index is 0.0162. The summed E-state index contributed by atoms with van der Waals surface area (Å²) in [5.74, 6) is 0. The molecule has 0 radical (unpaired) electrons. The standard InChI is InChI=1S/C8H13F3N4S/c1-4(12)3-5(2)13-7-15-14-6(16-7)8(9,10)11/h4-5H,3,12H2,1-2H3,(H,13,15). The van der Waals surface area contributed by atoms with Crippen LogP contribution >= 0.6 is 11.3 Å². The zero-order valence-corrected chi connectivity index (χ0v) is 9.69. The SMILES string of the molecule is CC(N)CC(C)Nc1nnc(C(F)(F)F)s1. The fourth-order valence-corrected chi connectivity index (χ4v) is 1.95. The van der Waals surface area contributed by atoms with Gasteiger partial charge in [0.2, 0.25) is 10.1 Å². The minimum Gasteiger partial charge on any atom is -0.358 e. The summed E-state index contributed by atoms with van der Waals surface area (Å²) in [6.45, 7) is 3.66. The Bertz CT molecular complexity index is 336. The third-order valence-corrected chi connectivity index (χ3v) is 2.66. The van der Waals surface area contributed by atoms with Crippen LogP contribution in [-0.2, 0) is 6.18 Å². The van der Waals surface area contributed by atoms with Crippen molar-refractivity contribution < 1.29 is 13.2 Å². The van der Waals surface area contributed by atoms with E-state index in [4.69, 9.17) is 5.73 Å². The van der Waals surface area contributed by atoms with Crippen LogP contribution in [0.15, 0.2) is 0 Å². The van der Waals surface area contributed by atoms with E-state index in [0.717, 1.165) is 0 Å². The number of alkyl halides is 3. The van der Waals surface area contributed by atoms with Crippen LogP contribution in [-0.4, -0.2) is 22.3 Å². The summed E-state index contributed by atoms with van der Waals surface area (Å²) in [4.78, 5) is 0. The van der Waals surface area contributed by atoms with Gasteiger partial charge < -0.3 is 11.1 Å². The zero-order chi connectivity index (χ0) is 12.3. The van der Waals surface area contributed by atoms with E-state index in [1.807, 2.05) is 13.8 Å². The molecular weight excluding hydrogens is 241 g/mol. The van der Waals surface area contributed by atoms with Gasteiger partial charge in [-0.1, -0.05) is 11.3 Å². The Labute approximate surface area is 95.1 Å². The summed E-state index contributed by atoms with van der Waals surface area (Å²) in [5, 5.41) is 8.55. The molecule has 1 aromatic rings. The van der Waals surface area contributed by atoms with E-state index in [1.54, 1.807) is 0 Å². The predicted molar refractivity (Wildman–Crippen MR) is 56.3 cm³/mol. The van der Waals surface area contributed by atoms with E-state index >= 15 is 0 Å². The normalized spacial score (nSPS) is 15.9. The third-order valence-electron chi connectivity index (χ3n) is 1.76. The lowest BCUT2D eigenvalue weighted by Gasteiger charge is -2.14. The van der Waals surface area contributed by atoms with Crippen molar-refractivity contribution in [3.05, 3.63) is 5.01 Å². The first-order valence-electron chi connectivity index (χ1n) is 4.72. The highest BCUT2D eigenvalue weighted by Gasteiger charge is 2.35. The Morgan fingerprint density at radius 3 is 2.44 bits per heavy atom. The van der Waals surface area contributed by atoms with Crippen molar-refractivity contribution in [3.8, 4) is 0 Å². The second-order valence-corrected chi connectivity index (χ2v) is 4.65. The summed E-state index contributed by atoms with van der Waals surface area (Å²) in [5.41, 5.74) is 5.57. The van der Waals surface area contributed by atoms with Gasteiger partial charge in [-0.15, -0.1) is 10.2 Å². The summed E-state index contributed by atoms with van der Waals surface area (Å²) >= 11 is 0.496. The number of anilines is 1. The fraction of sp³-hybridized carbons (Fsp3) is 0.750. The van der Waals surface area contributed by atoms with Gasteiger partial charge in [0.15, 0.2) is 0 Å². The van der Waals surface area contributed by atoms with Gasteiger partial charge >= 0.3 is 6.18 Å². The smallest absolute Gasteiger partial charge is 0.358 e. The molecule has 0 aromatic carbocycles. The molecule has 0 aliphatic carbocycles. The molecule has 3 N–H and O–H groups in total. The number of halogens is 3. The van der Waals surface area contributed by atoms with Crippen LogP contribution in [0, 0.1) is 0 Å². The van der Waals surface area contributed by atoms with Crippen LogP contribution < -0.4 is 11.1 Å². The topological polar surface area (TPSA) is 63.8 Å². The molecule has 92 valence electrons. The van der Waals surface area contributed by atoms with Crippen molar-refractivity contribution >= 4 is 16.5 Å². The summed E-state index contributed by atoms with van der Waals surface area (Å²) in [7, 11) is 0. The lowest BCUT2D eigenvalue weighted by Crippen LogP contribution is -2.26. The number of nitrogens with two attached hydrogens (primary N) is 1. The van der Waals surface area contributed by atoms with Gasteiger partial charge in [0, 0.05) is 12.1 Å². The molecule has 0 amide bonds. The highest BCUT2D eigenvalue weighted by atomic mass is 32.1. The largest absolute Gasteiger partial charge is 0.445 e. The Balaban J connectivity index is 2.59. The first kappa shape index (κ1) is 13.2. The van der Waals surface area contributed by atoms with Gasteiger partial charge in [0.1, 0.15) is 0 Å². The van der Waals surface area contributed by atoms with Crippen molar-refractivity contribution in [3.63, 3.8) is 0 Å². The molecule has 16 heavy (non-hydrogen) atoms. The Morgan fingerprint density at radius 1 is 1.38 bits per heavy atom. The van der Waals surface area contributed by atoms with Gasteiger partial charge in [0.25, 0.3) is 0 Å². The van der Waals surface area contributed by atoms with Crippen LogP contribution in [0.25, 0.3) is 0 Å². The molecule has 1 heterocycles. The van der Waals surface area contributed by atoms with Crippen LogP contribution in [0.2, 0.25) is 0 Å². The molecule has 2 unspecified atom stereocenters. The number of hydrogen-bond donors (Lipinski definition) is 2. The number of hydrogen-bond acceptors (Lipinski definition) is 5. The molecule has 0 saturated heterocycles. The molecule has 0 saturated carbocycles. The van der Waals surface area contributed by atoms with E-state index < -0.39 is 11.2 Å². The van der Waals surface area contributed by atoms with Crippen molar-refractivity contribution in [2.24, 2.45) is 5.73 Å². The molecule has 8 heteroatoms. The predicted octanol–water partition coefficient (Wildman–Crippen LogP) is 2.09. The van der Waals surface area contributed by atoms with Crippen molar-refractivity contribution in [1.29, 1.82) is 0 Å². The number of nitrogens with one attached hydrogen (secondary N) is 1. The number of nitrogens with zero attached hydrogens (tertiary/aromatic N) is 2. The molecule has 0 fully saturated rings. The lowest BCUT2D eigenvalue weighted by atomic mass is 10.1. The van der Waals surface area contributed by atoms with E-state index in [1.165, 1.54) is 0 Å². The Morgan fingerprint density at radius 2 is 2.00 bits per heavy atom. The van der Waals surface area contributed by atoms with Crippen LogP contribution in [0.1, 0.15) is 25.3 Å². The first-order chi connectivity index (χ1) is 7.29. The molecule has 0 aliphatic heterocycles. The van der Waals surface area contributed by atoms with E-state index in [9.17, 15) is 13.2 Å². The minimum atomic E-state index is -4.43. The maximum Gasteiger partial charge on any atom is 0.445 e. The van der Waals surface area contributed by atoms with Crippen molar-refractivity contribution in [1.82, 2.24) is 10.2 Å². The average Bonchev–Trinajstić information content (AvgIpc) is 2.49. The third kappa shape index (κ3) is 3.93. The number of aromatic nitrogens is 2. The number of rotatable bonds is 4. The second-order valence-electron chi connectivity index (χ2n) is 3.67. The van der Waals surface area contributed by atoms with E-state index in [-0.39, 0.29) is 17.2 Å². The summed E-state index contributed by atoms with van der Waals surface area (Å²) in [6.07, 6.45) is -3.77. The van der Waals surface area contributed by atoms with Gasteiger partial charge in [-0.05, 0) is 20.3 Å². The van der Waals surface area contributed by atoms with Gasteiger partial charge in [-0.2, -0.15) is 13.2 Å². The van der Waals surface area contributed by atoms with E-state index in [2.05, 4.69) is 15.5 Å². The highest BCUT2D eigenvalue weighted by molar-refractivity contribution is 7.15. The average molecular weight is 254 g/mol. The summed E-state index contributed by atoms with van der Waals surface area (Å²) < 4.78 is 36.6. The van der Waals surface area contributed by atoms with E-state index in [0.29, 0.717) is 17.8 Å². The Hall–Kier alpha value is -0.890. The van der Waals surface area contributed by atoms with Gasteiger partial charge in [-0.25, -0.2) is 0 Å². The molecule has 0 bridgehead atoms. The highest BCUT2D eigenvalue weighted by Crippen LogP contribution is 2.33. The monoisotopic (exact) mass is 254 g/mol. The molecular formula is C8H13F3N4S. The van der Waals surface area contributed by atoms with Crippen molar-refractivity contribution in [2.45, 2.75) is 38.5 Å². The second kappa shape index (κ2) is 4.96. The Kier molecular flexibility index (Phi) is 4.09. The quantitative estimate of drug-likeness (QED) is 0.863. The molecule has 4 nitrogen and oxygen atoms in total. The lowest BCUT2D eigenvalue weighted by molar-refractivity contribution is -0.138. The molecule has 0 aliphatic rings. The maximum absolute atomic E-state index is 12.2. The fourth-order valence-electron chi connectivity index (χ4n) is 1.22. The summed E-state index contributed by atoms with van der Waals surface area (Å²) in [6, 6.07) is -0.0495.